The van der Waals surface area contributed by atoms with Crippen LogP contribution in [0.25, 0.3) is 0 Å². The second-order valence-corrected chi connectivity index (χ2v) is 5.97. The summed E-state index contributed by atoms with van der Waals surface area (Å²) in [4.78, 5) is 12.2. The van der Waals surface area contributed by atoms with Crippen LogP contribution in [0.2, 0.25) is 0 Å². The van der Waals surface area contributed by atoms with Gasteiger partial charge in [0, 0.05) is 13.0 Å². The first-order chi connectivity index (χ1) is 8.88. The van der Waals surface area contributed by atoms with Gasteiger partial charge in [0.05, 0.1) is 5.69 Å². The van der Waals surface area contributed by atoms with Crippen molar-refractivity contribution in [2.45, 2.75) is 45.1 Å². The van der Waals surface area contributed by atoms with Crippen LogP contribution >= 0.6 is 0 Å². The van der Waals surface area contributed by atoms with Crippen LogP contribution in [-0.2, 0) is 11.8 Å². The van der Waals surface area contributed by atoms with Crippen molar-refractivity contribution in [1.82, 2.24) is 20.3 Å². The maximum Gasteiger partial charge on any atom is 0.361 e. The smallest absolute Gasteiger partial charge is 0.361 e. The normalized spacial score (nSPS) is 17.5. The highest BCUT2D eigenvalue weighted by atomic mass is 16.6. The largest absolute Gasteiger partial charge is 0.455 e. The molecule has 6 heteroatoms. The monoisotopic (exact) mass is 266 g/mol. The third kappa shape index (κ3) is 3.32. The summed E-state index contributed by atoms with van der Waals surface area (Å²) in [5, 5.41) is 11.3. The van der Waals surface area contributed by atoms with E-state index in [0.717, 1.165) is 31.6 Å². The zero-order valence-electron chi connectivity index (χ0n) is 12.1. The molecule has 2 heterocycles. The molecule has 6 nitrogen and oxygen atoms in total. The molecule has 0 spiro atoms. The molecule has 0 aliphatic carbocycles. The topological polar surface area (TPSA) is 69.0 Å². The van der Waals surface area contributed by atoms with Gasteiger partial charge in [0.15, 0.2) is 5.69 Å². The van der Waals surface area contributed by atoms with Crippen LogP contribution in [0.4, 0.5) is 0 Å². The number of rotatable bonds is 2. The third-order valence-corrected chi connectivity index (χ3v) is 3.19. The van der Waals surface area contributed by atoms with Crippen LogP contribution in [0.5, 0.6) is 0 Å². The molecule has 19 heavy (non-hydrogen) atoms. The lowest BCUT2D eigenvalue weighted by Crippen LogP contribution is -2.29. The van der Waals surface area contributed by atoms with E-state index in [-0.39, 0.29) is 5.97 Å². The van der Waals surface area contributed by atoms with Crippen LogP contribution < -0.4 is 5.32 Å². The van der Waals surface area contributed by atoms with E-state index in [1.165, 1.54) is 0 Å². The summed E-state index contributed by atoms with van der Waals surface area (Å²) in [6.45, 7) is 7.48. The van der Waals surface area contributed by atoms with E-state index in [9.17, 15) is 4.79 Å². The predicted molar refractivity (Wildman–Crippen MR) is 71.0 cm³/mol. The molecule has 1 fully saturated rings. The molecule has 0 unspecified atom stereocenters. The number of ether oxygens (including phenoxy) is 1. The minimum Gasteiger partial charge on any atom is -0.455 e. The maximum atomic E-state index is 12.2. The minimum absolute atomic E-state index is 0.323. The lowest BCUT2D eigenvalue weighted by atomic mass is 9.93. The van der Waals surface area contributed by atoms with Gasteiger partial charge in [-0.05, 0) is 46.7 Å². The highest BCUT2D eigenvalue weighted by Gasteiger charge is 2.29. The highest BCUT2D eigenvalue weighted by Crippen LogP contribution is 2.27. The number of nitrogens with one attached hydrogen (secondary N) is 1. The van der Waals surface area contributed by atoms with Crippen LogP contribution in [0.1, 0.15) is 55.7 Å². The molecule has 1 N–H and O–H groups in total. The fraction of sp³-hybridized carbons (Fsp3) is 0.769. The number of piperidine rings is 1. The Morgan fingerprint density at radius 2 is 2.00 bits per heavy atom. The summed E-state index contributed by atoms with van der Waals surface area (Å²) in [7, 11) is 1.83. The first-order valence-corrected chi connectivity index (χ1v) is 6.72. The van der Waals surface area contributed by atoms with Gasteiger partial charge in [-0.25, -0.2) is 4.79 Å². The molecular weight excluding hydrogens is 244 g/mol. The van der Waals surface area contributed by atoms with Gasteiger partial charge in [0.1, 0.15) is 5.60 Å². The molecule has 1 aromatic heterocycles. The van der Waals surface area contributed by atoms with E-state index in [2.05, 4.69) is 15.6 Å². The lowest BCUT2D eigenvalue weighted by molar-refractivity contribution is 0.00606. The maximum absolute atomic E-state index is 12.2. The van der Waals surface area contributed by atoms with Gasteiger partial charge in [-0.3, -0.25) is 4.68 Å². The van der Waals surface area contributed by atoms with Gasteiger partial charge in [-0.15, -0.1) is 5.10 Å². The SMILES string of the molecule is Cn1nnc(C(=O)OC(C)(C)C)c1C1CCNCC1. The second kappa shape index (κ2) is 5.28. The fourth-order valence-corrected chi connectivity index (χ4v) is 2.39. The Balaban J connectivity index is 2.24. The first kappa shape index (κ1) is 14.0. The van der Waals surface area contributed by atoms with Crippen molar-refractivity contribution in [3.8, 4) is 0 Å². The van der Waals surface area contributed by atoms with Crippen LogP contribution in [-0.4, -0.2) is 39.7 Å². The minimum atomic E-state index is -0.514. The Bertz CT molecular complexity index is 456. The predicted octanol–water partition coefficient (Wildman–Crippen LogP) is 1.24. The van der Waals surface area contributed by atoms with E-state index in [1.807, 2.05) is 27.8 Å². The number of aromatic nitrogens is 3. The van der Waals surface area contributed by atoms with Crippen molar-refractivity contribution in [1.29, 1.82) is 0 Å². The Morgan fingerprint density at radius 1 is 1.37 bits per heavy atom. The van der Waals surface area contributed by atoms with Crippen molar-refractivity contribution in [2.75, 3.05) is 13.1 Å². The summed E-state index contributed by atoms with van der Waals surface area (Å²) in [5.41, 5.74) is 0.750. The Kier molecular flexibility index (Phi) is 3.89. The molecular formula is C13H22N4O2. The zero-order valence-corrected chi connectivity index (χ0v) is 12.1. The highest BCUT2D eigenvalue weighted by molar-refractivity contribution is 5.88. The van der Waals surface area contributed by atoms with Gasteiger partial charge in [-0.1, -0.05) is 5.21 Å². The molecule has 106 valence electrons. The summed E-state index contributed by atoms with van der Waals surface area (Å²) in [6.07, 6.45) is 1.99. The number of carbonyl (C=O) groups excluding carboxylic acids is 1. The van der Waals surface area contributed by atoms with Crippen molar-refractivity contribution in [3.05, 3.63) is 11.4 Å². The first-order valence-electron chi connectivity index (χ1n) is 6.72. The van der Waals surface area contributed by atoms with E-state index in [1.54, 1.807) is 4.68 Å². The molecule has 0 amide bonds. The Hall–Kier alpha value is -1.43. The standard InChI is InChI=1S/C13H22N4O2/c1-13(2,3)19-12(18)10-11(17(4)16-15-10)9-5-7-14-8-6-9/h9,14H,5-8H2,1-4H3. The molecule has 0 radical (unpaired) electrons. The molecule has 0 saturated carbocycles. The van der Waals surface area contributed by atoms with Gasteiger partial charge in [0.25, 0.3) is 0 Å². The van der Waals surface area contributed by atoms with Crippen LogP contribution in [0.15, 0.2) is 0 Å². The summed E-state index contributed by atoms with van der Waals surface area (Å²) in [5.74, 6) is -0.0575. The number of hydrogen-bond acceptors (Lipinski definition) is 5. The van der Waals surface area contributed by atoms with Crippen LogP contribution in [0, 0.1) is 0 Å². The fourth-order valence-electron chi connectivity index (χ4n) is 2.39. The van der Waals surface area contributed by atoms with Crippen molar-refractivity contribution in [3.63, 3.8) is 0 Å². The molecule has 0 aromatic carbocycles. The van der Waals surface area contributed by atoms with E-state index < -0.39 is 5.60 Å². The summed E-state index contributed by atoms with van der Waals surface area (Å²) in [6, 6.07) is 0. The molecule has 1 aliphatic heterocycles. The third-order valence-electron chi connectivity index (χ3n) is 3.19. The molecule has 1 saturated heterocycles. The molecule has 0 atom stereocenters. The Labute approximate surface area is 113 Å². The quantitative estimate of drug-likeness (QED) is 0.816. The average Bonchev–Trinajstić information content (AvgIpc) is 2.70. The number of carbonyl (C=O) groups is 1. The van der Waals surface area contributed by atoms with Gasteiger partial charge in [0.2, 0.25) is 0 Å². The van der Waals surface area contributed by atoms with Gasteiger partial charge >= 0.3 is 5.97 Å². The number of esters is 1. The summed E-state index contributed by atoms with van der Waals surface area (Å²) < 4.78 is 7.10. The number of hydrogen-bond donors (Lipinski definition) is 1. The van der Waals surface area contributed by atoms with Crippen molar-refractivity contribution < 1.29 is 9.53 Å². The molecule has 1 aromatic rings. The van der Waals surface area contributed by atoms with E-state index >= 15 is 0 Å². The van der Waals surface area contributed by atoms with Gasteiger partial charge < -0.3 is 10.1 Å². The molecule has 0 bridgehead atoms. The van der Waals surface area contributed by atoms with Crippen LogP contribution in [0.3, 0.4) is 0 Å². The summed E-state index contributed by atoms with van der Waals surface area (Å²) >= 11 is 0. The second-order valence-electron chi connectivity index (χ2n) is 5.97. The van der Waals surface area contributed by atoms with E-state index in [0.29, 0.717) is 11.6 Å². The van der Waals surface area contributed by atoms with Gasteiger partial charge in [-0.2, -0.15) is 0 Å². The molecule has 2 rings (SSSR count). The zero-order chi connectivity index (χ0) is 14.0. The average molecular weight is 266 g/mol. The number of nitrogens with zero attached hydrogens (tertiary/aromatic N) is 3. The van der Waals surface area contributed by atoms with Crippen molar-refractivity contribution >= 4 is 5.97 Å². The van der Waals surface area contributed by atoms with Crippen molar-refractivity contribution in [2.24, 2.45) is 7.05 Å². The lowest BCUT2D eigenvalue weighted by Gasteiger charge is -2.24. The molecule has 1 aliphatic rings. The van der Waals surface area contributed by atoms with E-state index in [4.69, 9.17) is 4.74 Å². The number of aryl methyl sites for hydroxylation is 1. The Morgan fingerprint density at radius 3 is 2.58 bits per heavy atom.